The molecule has 5 heteroatoms. The van der Waals surface area contributed by atoms with Gasteiger partial charge in [-0.3, -0.25) is 0 Å². The van der Waals surface area contributed by atoms with E-state index in [4.69, 9.17) is 27.1 Å². The summed E-state index contributed by atoms with van der Waals surface area (Å²) in [6, 6.07) is 13.6. The SMILES string of the molecule is NC1=NC2(CS1)c1ccccc1Oc1cccc(Cl)c12. The van der Waals surface area contributed by atoms with Crippen LogP contribution in [0.4, 0.5) is 0 Å². The Hall–Kier alpha value is -1.65. The van der Waals surface area contributed by atoms with E-state index < -0.39 is 5.54 Å². The summed E-state index contributed by atoms with van der Waals surface area (Å²) in [6.45, 7) is 0. The minimum absolute atomic E-state index is 0.530. The maximum absolute atomic E-state index is 6.43. The molecule has 1 spiro atoms. The van der Waals surface area contributed by atoms with Gasteiger partial charge >= 0.3 is 0 Å². The molecule has 0 amide bonds. The molecule has 1 atom stereocenters. The standard InChI is InChI=1S/C15H11ClN2OS/c16-10-5-3-7-12-13(10)15(8-20-14(17)18-15)9-4-1-2-6-11(9)19-12/h1-7H,8H2,(H2,17,18). The number of ether oxygens (including phenoxy) is 1. The largest absolute Gasteiger partial charge is 0.457 e. The maximum Gasteiger partial charge on any atom is 0.155 e. The normalized spacial score (nSPS) is 22.9. The molecule has 4 rings (SSSR count). The van der Waals surface area contributed by atoms with Gasteiger partial charge in [0.25, 0.3) is 0 Å². The van der Waals surface area contributed by atoms with Gasteiger partial charge in [-0.05, 0) is 18.2 Å². The van der Waals surface area contributed by atoms with Crippen LogP contribution in [-0.4, -0.2) is 10.9 Å². The summed E-state index contributed by atoms with van der Waals surface area (Å²) >= 11 is 7.98. The molecular weight excluding hydrogens is 292 g/mol. The Kier molecular flexibility index (Phi) is 2.53. The second-order valence-corrected chi connectivity index (χ2v) is 6.21. The van der Waals surface area contributed by atoms with Crippen molar-refractivity contribution in [1.82, 2.24) is 0 Å². The number of benzene rings is 2. The Morgan fingerprint density at radius 1 is 1.15 bits per heavy atom. The van der Waals surface area contributed by atoms with Crippen LogP contribution in [0.5, 0.6) is 11.5 Å². The molecule has 0 aromatic heterocycles. The highest BCUT2D eigenvalue weighted by Gasteiger charge is 2.46. The van der Waals surface area contributed by atoms with Crippen LogP contribution < -0.4 is 10.5 Å². The van der Waals surface area contributed by atoms with Crippen LogP contribution in [0.15, 0.2) is 47.5 Å². The first-order valence-corrected chi connectivity index (χ1v) is 7.61. The molecule has 0 saturated heterocycles. The van der Waals surface area contributed by atoms with Crippen LogP contribution >= 0.6 is 23.4 Å². The summed E-state index contributed by atoms with van der Waals surface area (Å²) in [5.41, 5.74) is 7.34. The predicted molar refractivity (Wildman–Crippen MR) is 82.8 cm³/mol. The molecule has 0 fully saturated rings. The van der Waals surface area contributed by atoms with Crippen LogP contribution in [-0.2, 0) is 5.54 Å². The fraction of sp³-hybridized carbons (Fsp3) is 0.133. The van der Waals surface area contributed by atoms with Crippen molar-refractivity contribution < 1.29 is 4.74 Å². The van der Waals surface area contributed by atoms with Gasteiger partial charge in [-0.15, -0.1) is 0 Å². The number of nitrogens with zero attached hydrogens (tertiary/aromatic N) is 1. The summed E-state index contributed by atoms with van der Waals surface area (Å²) in [6.07, 6.45) is 0. The van der Waals surface area contributed by atoms with Gasteiger partial charge in [0.2, 0.25) is 0 Å². The third-order valence-electron chi connectivity index (χ3n) is 3.67. The summed E-state index contributed by atoms with van der Waals surface area (Å²) in [5.74, 6) is 2.33. The summed E-state index contributed by atoms with van der Waals surface area (Å²) < 4.78 is 5.98. The van der Waals surface area contributed by atoms with Crippen molar-refractivity contribution >= 4 is 28.5 Å². The summed E-state index contributed by atoms with van der Waals surface area (Å²) in [5, 5.41) is 1.25. The fourth-order valence-electron chi connectivity index (χ4n) is 2.84. The zero-order valence-corrected chi connectivity index (χ0v) is 12.0. The van der Waals surface area contributed by atoms with Crippen LogP contribution in [0.2, 0.25) is 5.02 Å². The monoisotopic (exact) mass is 302 g/mol. The lowest BCUT2D eigenvalue weighted by Crippen LogP contribution is -2.30. The highest BCUT2D eigenvalue weighted by atomic mass is 35.5. The maximum atomic E-state index is 6.43. The Bertz CT molecular complexity index is 746. The van der Waals surface area contributed by atoms with Gasteiger partial charge in [0.15, 0.2) is 5.17 Å². The quantitative estimate of drug-likeness (QED) is 0.806. The van der Waals surface area contributed by atoms with E-state index in [0.717, 1.165) is 28.4 Å². The molecule has 2 aromatic rings. The van der Waals surface area contributed by atoms with Crippen molar-refractivity contribution in [2.45, 2.75) is 5.54 Å². The summed E-state index contributed by atoms with van der Waals surface area (Å²) in [7, 11) is 0. The molecular formula is C15H11ClN2OS. The average molecular weight is 303 g/mol. The molecule has 100 valence electrons. The number of hydrogen-bond acceptors (Lipinski definition) is 4. The number of nitrogens with two attached hydrogens (primary N) is 1. The minimum Gasteiger partial charge on any atom is -0.457 e. The van der Waals surface area contributed by atoms with Gasteiger partial charge in [0, 0.05) is 16.9 Å². The third kappa shape index (κ3) is 1.52. The molecule has 1 unspecified atom stereocenters. The molecule has 20 heavy (non-hydrogen) atoms. The van der Waals surface area contributed by atoms with E-state index in [-0.39, 0.29) is 0 Å². The van der Waals surface area contributed by atoms with Gasteiger partial charge in [-0.1, -0.05) is 47.6 Å². The first-order chi connectivity index (χ1) is 9.71. The first-order valence-electron chi connectivity index (χ1n) is 6.25. The Balaban J connectivity index is 2.08. The number of thioether (sulfide) groups is 1. The fourth-order valence-corrected chi connectivity index (χ4v) is 4.10. The lowest BCUT2D eigenvalue weighted by Gasteiger charge is -2.34. The highest BCUT2D eigenvalue weighted by Crippen LogP contribution is 2.54. The van der Waals surface area contributed by atoms with E-state index in [1.807, 2.05) is 42.5 Å². The Labute approximate surface area is 125 Å². The van der Waals surface area contributed by atoms with Crippen LogP contribution in [0.1, 0.15) is 11.1 Å². The van der Waals surface area contributed by atoms with Gasteiger partial charge in [0.1, 0.15) is 17.0 Å². The summed E-state index contributed by atoms with van der Waals surface area (Å²) in [4.78, 5) is 4.72. The molecule has 0 radical (unpaired) electrons. The molecule has 2 aliphatic heterocycles. The lowest BCUT2D eigenvalue weighted by molar-refractivity contribution is 0.416. The number of hydrogen-bond donors (Lipinski definition) is 1. The van der Waals surface area contributed by atoms with Crippen LogP contribution in [0.3, 0.4) is 0 Å². The second kappa shape index (κ2) is 4.17. The Morgan fingerprint density at radius 2 is 1.95 bits per heavy atom. The van der Waals surface area contributed by atoms with E-state index in [1.165, 1.54) is 0 Å². The topological polar surface area (TPSA) is 47.6 Å². The second-order valence-electron chi connectivity index (χ2n) is 4.81. The van der Waals surface area contributed by atoms with Crippen LogP contribution in [0.25, 0.3) is 0 Å². The smallest absolute Gasteiger partial charge is 0.155 e. The number of amidine groups is 1. The van der Waals surface area contributed by atoms with E-state index >= 15 is 0 Å². The predicted octanol–water partition coefficient (Wildman–Crippen LogP) is 3.75. The minimum atomic E-state index is -0.530. The Morgan fingerprint density at radius 3 is 2.75 bits per heavy atom. The van der Waals surface area contributed by atoms with Crippen molar-refractivity contribution in [1.29, 1.82) is 0 Å². The molecule has 2 aromatic carbocycles. The number of fused-ring (bicyclic) bond motifs is 4. The zero-order valence-electron chi connectivity index (χ0n) is 10.5. The number of aliphatic imine (C=N–C) groups is 1. The molecule has 0 bridgehead atoms. The van der Waals surface area contributed by atoms with E-state index in [1.54, 1.807) is 11.8 Å². The van der Waals surface area contributed by atoms with Crippen molar-refractivity contribution in [2.24, 2.45) is 10.7 Å². The van der Waals surface area contributed by atoms with Gasteiger partial charge in [0.05, 0.1) is 5.02 Å². The molecule has 3 nitrogen and oxygen atoms in total. The number of para-hydroxylation sites is 1. The van der Waals surface area contributed by atoms with Gasteiger partial charge in [-0.25, -0.2) is 4.99 Å². The molecule has 2 heterocycles. The van der Waals surface area contributed by atoms with E-state index in [0.29, 0.717) is 10.2 Å². The number of rotatable bonds is 0. The van der Waals surface area contributed by atoms with Crippen LogP contribution in [0, 0.1) is 0 Å². The lowest BCUT2D eigenvalue weighted by atomic mass is 9.82. The average Bonchev–Trinajstić information content (AvgIpc) is 2.82. The van der Waals surface area contributed by atoms with Gasteiger partial charge < -0.3 is 10.5 Å². The van der Waals surface area contributed by atoms with Gasteiger partial charge in [-0.2, -0.15) is 0 Å². The molecule has 0 saturated carbocycles. The van der Waals surface area contributed by atoms with Crippen molar-refractivity contribution in [3.8, 4) is 11.5 Å². The zero-order chi connectivity index (χ0) is 13.7. The van der Waals surface area contributed by atoms with E-state index in [9.17, 15) is 0 Å². The third-order valence-corrected chi connectivity index (χ3v) is 4.94. The van der Waals surface area contributed by atoms with Crippen molar-refractivity contribution in [2.75, 3.05) is 5.75 Å². The van der Waals surface area contributed by atoms with E-state index in [2.05, 4.69) is 0 Å². The first kappa shape index (κ1) is 12.1. The number of halogens is 1. The molecule has 2 aliphatic rings. The molecule has 2 N–H and O–H groups in total. The van der Waals surface area contributed by atoms with Crippen molar-refractivity contribution in [3.05, 3.63) is 58.6 Å². The highest BCUT2D eigenvalue weighted by molar-refractivity contribution is 8.14. The van der Waals surface area contributed by atoms with Crippen molar-refractivity contribution in [3.63, 3.8) is 0 Å². The molecule has 0 aliphatic carbocycles.